The molecule has 0 bridgehead atoms. The number of rotatable bonds is 3. The molecular weight excluding hydrogens is 536 g/mol. The molecule has 2 heterocycles. The third-order valence-electron chi connectivity index (χ3n) is 8.20. The maximum Gasteiger partial charge on any atom is 0.123 e. The summed E-state index contributed by atoms with van der Waals surface area (Å²) >= 11 is 0. The second-order valence-corrected chi connectivity index (χ2v) is 10.7. The zero-order valence-corrected chi connectivity index (χ0v) is 22.2. The summed E-state index contributed by atoms with van der Waals surface area (Å²) in [6, 6.07) is 29.9. The molecule has 2 aromatic heterocycles. The molecule has 2 nitrogen and oxygen atoms in total. The fourth-order valence-electron chi connectivity index (χ4n) is 6.40. The van der Waals surface area contributed by atoms with Crippen molar-refractivity contribution in [2.75, 3.05) is 0 Å². The predicted molar refractivity (Wildman–Crippen MR) is 160 cm³/mol. The van der Waals surface area contributed by atoms with Crippen molar-refractivity contribution < 1.29 is 17.6 Å². The largest absolute Gasteiger partial charge is 0.313 e. The van der Waals surface area contributed by atoms with Crippen LogP contribution in [-0.4, -0.2) is 9.13 Å². The van der Waals surface area contributed by atoms with Gasteiger partial charge < -0.3 is 9.13 Å². The molecule has 0 atom stereocenters. The summed E-state index contributed by atoms with van der Waals surface area (Å²) in [5.41, 5.74) is 7.72. The Bertz CT molecular complexity index is 2190. The highest BCUT2D eigenvalue weighted by atomic mass is 19.1. The van der Waals surface area contributed by atoms with Crippen LogP contribution in [0.2, 0.25) is 0 Å². The first kappa shape index (κ1) is 24.7. The van der Waals surface area contributed by atoms with Crippen LogP contribution >= 0.6 is 0 Å². The lowest BCUT2D eigenvalue weighted by molar-refractivity contribution is 0.586. The van der Waals surface area contributed by atoms with Crippen LogP contribution in [0.5, 0.6) is 0 Å². The number of nitrogens with zero attached hydrogens (tertiary/aromatic N) is 2. The number of fused-ring (bicyclic) bond motifs is 6. The summed E-state index contributed by atoms with van der Waals surface area (Å²) in [7, 11) is 0. The number of benzene rings is 5. The second kappa shape index (κ2) is 9.21. The Labute approximate surface area is 238 Å². The molecule has 0 saturated carbocycles. The van der Waals surface area contributed by atoms with Crippen molar-refractivity contribution in [2.45, 2.75) is 12.8 Å². The molecule has 7 aromatic rings. The molecule has 1 aliphatic carbocycles. The Kier molecular flexibility index (Phi) is 5.41. The van der Waals surface area contributed by atoms with Crippen LogP contribution in [0.1, 0.15) is 17.7 Å². The van der Waals surface area contributed by atoms with Crippen molar-refractivity contribution in [3.05, 3.63) is 138 Å². The molecule has 8 rings (SSSR count). The molecule has 204 valence electrons. The van der Waals surface area contributed by atoms with Gasteiger partial charge in [0.2, 0.25) is 0 Å². The molecule has 0 spiro atoms. The van der Waals surface area contributed by atoms with Crippen LogP contribution in [-0.2, 0) is 6.42 Å². The second-order valence-electron chi connectivity index (χ2n) is 10.7. The third-order valence-corrected chi connectivity index (χ3v) is 8.20. The summed E-state index contributed by atoms with van der Waals surface area (Å²) in [6.45, 7) is 0. The highest BCUT2D eigenvalue weighted by Crippen LogP contribution is 2.38. The molecule has 42 heavy (non-hydrogen) atoms. The standard InChI is InChI=1S/C36H22F4N2/c37-23-7-11-33-29(17-23)30-18-24(38)8-12-34(30)41(33)27-5-1-3-21(15-27)22-4-2-6-28(16-22)42-35-13-9-25(39)19-31(35)32-20-26(40)10-14-36(32)42/h1-9,11-13,15-20H,10,14H2. The van der Waals surface area contributed by atoms with E-state index >= 15 is 0 Å². The fourth-order valence-corrected chi connectivity index (χ4v) is 6.40. The van der Waals surface area contributed by atoms with E-state index in [0.29, 0.717) is 29.0 Å². The van der Waals surface area contributed by atoms with Crippen LogP contribution in [0.3, 0.4) is 0 Å². The van der Waals surface area contributed by atoms with Crippen molar-refractivity contribution in [1.82, 2.24) is 9.13 Å². The summed E-state index contributed by atoms with van der Waals surface area (Å²) in [6.07, 6.45) is 2.34. The molecule has 5 aromatic carbocycles. The van der Waals surface area contributed by atoms with Crippen molar-refractivity contribution in [1.29, 1.82) is 0 Å². The van der Waals surface area contributed by atoms with E-state index < -0.39 is 0 Å². The highest BCUT2D eigenvalue weighted by molar-refractivity contribution is 6.09. The highest BCUT2D eigenvalue weighted by Gasteiger charge is 2.22. The van der Waals surface area contributed by atoms with Crippen LogP contribution in [0, 0.1) is 17.5 Å². The first-order chi connectivity index (χ1) is 20.4. The zero-order chi connectivity index (χ0) is 28.5. The summed E-state index contributed by atoms with van der Waals surface area (Å²) in [5, 5.41) is 1.97. The topological polar surface area (TPSA) is 9.86 Å². The summed E-state index contributed by atoms with van der Waals surface area (Å²) in [4.78, 5) is 0. The normalized spacial score (nSPS) is 13.2. The number of halogens is 4. The first-order valence-electron chi connectivity index (χ1n) is 13.7. The third kappa shape index (κ3) is 3.79. The van der Waals surface area contributed by atoms with Gasteiger partial charge >= 0.3 is 0 Å². The van der Waals surface area contributed by atoms with E-state index in [2.05, 4.69) is 16.7 Å². The van der Waals surface area contributed by atoms with Gasteiger partial charge in [0.15, 0.2) is 0 Å². The average molecular weight is 559 g/mol. The molecule has 0 saturated heterocycles. The number of hydrogen-bond donors (Lipinski definition) is 0. The Morgan fingerprint density at radius 1 is 0.476 bits per heavy atom. The molecule has 1 aliphatic rings. The Morgan fingerprint density at radius 3 is 1.55 bits per heavy atom. The number of allylic oxidation sites excluding steroid dienone is 1. The zero-order valence-electron chi connectivity index (χ0n) is 22.2. The maximum atomic E-state index is 14.3. The van der Waals surface area contributed by atoms with Gasteiger partial charge in [0, 0.05) is 45.2 Å². The molecule has 0 unspecified atom stereocenters. The fraction of sp³-hybridized carbons (Fsp3) is 0.0556. The van der Waals surface area contributed by atoms with Crippen LogP contribution in [0.15, 0.2) is 109 Å². The lowest BCUT2D eigenvalue weighted by Gasteiger charge is -2.16. The average Bonchev–Trinajstić information content (AvgIpc) is 3.48. The van der Waals surface area contributed by atoms with Gasteiger partial charge in [-0.3, -0.25) is 0 Å². The lowest BCUT2D eigenvalue weighted by atomic mass is 10.0. The first-order valence-corrected chi connectivity index (χ1v) is 13.7. The minimum atomic E-state index is -0.378. The SMILES string of the molecule is FC1=Cc2c(n(-c3cccc(-c4cccc(-n5c6ccc(F)cc6c6cc(F)ccc65)c4)c3)c3ccc(F)cc23)CC1. The van der Waals surface area contributed by atoms with Gasteiger partial charge in [0.1, 0.15) is 23.3 Å². The van der Waals surface area contributed by atoms with Gasteiger partial charge in [0.05, 0.1) is 16.6 Å². The quantitative estimate of drug-likeness (QED) is 0.191. The molecule has 0 fully saturated rings. The monoisotopic (exact) mass is 558 g/mol. The smallest absolute Gasteiger partial charge is 0.123 e. The Hall–Kier alpha value is -5.10. The van der Waals surface area contributed by atoms with E-state index in [0.717, 1.165) is 50.3 Å². The molecule has 0 amide bonds. The molecule has 6 heteroatoms. The van der Waals surface area contributed by atoms with Crippen molar-refractivity contribution >= 4 is 38.8 Å². The minimum Gasteiger partial charge on any atom is -0.313 e. The van der Waals surface area contributed by atoms with Gasteiger partial charge in [0.25, 0.3) is 0 Å². The van der Waals surface area contributed by atoms with Gasteiger partial charge in [-0.2, -0.15) is 0 Å². The van der Waals surface area contributed by atoms with Crippen LogP contribution < -0.4 is 0 Å². The van der Waals surface area contributed by atoms with Crippen LogP contribution in [0.4, 0.5) is 17.6 Å². The van der Waals surface area contributed by atoms with E-state index in [1.807, 2.05) is 41.0 Å². The maximum absolute atomic E-state index is 14.3. The molecule has 0 aliphatic heterocycles. The molecular formula is C36H22F4N2. The van der Waals surface area contributed by atoms with E-state index in [9.17, 15) is 17.6 Å². The molecule has 0 N–H and O–H groups in total. The minimum absolute atomic E-state index is 0.202. The lowest BCUT2D eigenvalue weighted by Crippen LogP contribution is -2.04. The van der Waals surface area contributed by atoms with Gasteiger partial charge in [-0.15, -0.1) is 0 Å². The van der Waals surface area contributed by atoms with Crippen LogP contribution in [0.25, 0.3) is 61.3 Å². The van der Waals surface area contributed by atoms with Gasteiger partial charge in [-0.05, 0) is 102 Å². The van der Waals surface area contributed by atoms with Crippen molar-refractivity contribution in [3.8, 4) is 22.5 Å². The van der Waals surface area contributed by atoms with Crippen molar-refractivity contribution in [3.63, 3.8) is 0 Å². The van der Waals surface area contributed by atoms with E-state index in [4.69, 9.17) is 0 Å². The van der Waals surface area contributed by atoms with Crippen molar-refractivity contribution in [2.24, 2.45) is 0 Å². The Balaban J connectivity index is 1.30. The van der Waals surface area contributed by atoms with E-state index in [1.165, 1.54) is 42.5 Å². The Morgan fingerprint density at radius 2 is 0.976 bits per heavy atom. The summed E-state index contributed by atoms with van der Waals surface area (Å²) < 4.78 is 61.1. The summed E-state index contributed by atoms with van der Waals surface area (Å²) in [5.74, 6) is -1.32. The van der Waals surface area contributed by atoms with Gasteiger partial charge in [-0.1, -0.05) is 24.3 Å². The molecule has 0 radical (unpaired) electrons. The predicted octanol–water partition coefficient (Wildman–Crippen LogP) is 10.1. The number of aromatic nitrogens is 2. The number of hydrogen-bond acceptors (Lipinski definition) is 0. The van der Waals surface area contributed by atoms with Gasteiger partial charge in [-0.25, -0.2) is 17.6 Å². The van der Waals surface area contributed by atoms with E-state index in [-0.39, 0.29) is 23.3 Å². The van der Waals surface area contributed by atoms with E-state index in [1.54, 1.807) is 18.2 Å².